The molecule has 0 spiro atoms. The SMILES string of the molecule is COC.COc1cccc(C(Cn2c(-c3nonc3N)nc3ccccc32)=NO)c1. The molecule has 0 amide bonds. The summed E-state index contributed by atoms with van der Waals surface area (Å²) >= 11 is 0. The van der Waals surface area contributed by atoms with Crippen molar-refractivity contribution in [3.05, 3.63) is 54.1 Å². The van der Waals surface area contributed by atoms with Gasteiger partial charge in [0.1, 0.15) is 11.5 Å². The predicted octanol–water partition coefficient (Wildman–Crippen LogP) is 2.82. The van der Waals surface area contributed by atoms with Gasteiger partial charge < -0.3 is 25.0 Å². The predicted molar refractivity (Wildman–Crippen MR) is 112 cm³/mol. The Morgan fingerprint density at radius 1 is 1.13 bits per heavy atom. The van der Waals surface area contributed by atoms with Gasteiger partial charge in [-0.2, -0.15) is 0 Å². The molecular weight excluding hydrogens is 388 g/mol. The molecule has 0 unspecified atom stereocenters. The van der Waals surface area contributed by atoms with E-state index in [4.69, 9.17) is 15.1 Å². The van der Waals surface area contributed by atoms with Crippen LogP contribution in [0.15, 0.2) is 58.3 Å². The highest BCUT2D eigenvalue weighted by molar-refractivity contribution is 6.01. The highest BCUT2D eigenvalue weighted by Crippen LogP contribution is 2.27. The first kappa shape index (κ1) is 20.8. The summed E-state index contributed by atoms with van der Waals surface area (Å²) in [6.45, 7) is 0.228. The summed E-state index contributed by atoms with van der Waals surface area (Å²) in [6, 6.07) is 14.8. The maximum Gasteiger partial charge on any atom is 0.199 e. The van der Waals surface area contributed by atoms with Gasteiger partial charge in [0.2, 0.25) is 0 Å². The summed E-state index contributed by atoms with van der Waals surface area (Å²) < 4.78 is 16.1. The average Bonchev–Trinajstić information content (AvgIpc) is 3.35. The van der Waals surface area contributed by atoms with Crippen molar-refractivity contribution in [2.45, 2.75) is 6.54 Å². The zero-order valence-electron chi connectivity index (χ0n) is 16.8. The first-order valence-electron chi connectivity index (χ1n) is 8.92. The topological polar surface area (TPSA) is 134 Å². The Bertz CT molecular complexity index is 1150. The first-order chi connectivity index (χ1) is 14.6. The second kappa shape index (κ2) is 9.52. The van der Waals surface area contributed by atoms with Crippen molar-refractivity contribution in [1.82, 2.24) is 19.9 Å². The van der Waals surface area contributed by atoms with Gasteiger partial charge in [0.25, 0.3) is 0 Å². The minimum Gasteiger partial charge on any atom is -0.497 e. The number of hydrogen-bond donors (Lipinski definition) is 2. The van der Waals surface area contributed by atoms with Crippen molar-refractivity contribution in [3.63, 3.8) is 0 Å². The van der Waals surface area contributed by atoms with Gasteiger partial charge in [-0.1, -0.05) is 29.4 Å². The van der Waals surface area contributed by atoms with E-state index in [9.17, 15) is 5.21 Å². The van der Waals surface area contributed by atoms with E-state index in [1.165, 1.54) is 0 Å². The van der Waals surface area contributed by atoms with E-state index in [0.29, 0.717) is 28.5 Å². The Labute approximate surface area is 172 Å². The molecule has 0 aliphatic heterocycles. The number of ether oxygens (including phenoxy) is 2. The molecule has 0 fully saturated rings. The number of imidazole rings is 1. The largest absolute Gasteiger partial charge is 0.497 e. The molecule has 2 heterocycles. The lowest BCUT2D eigenvalue weighted by molar-refractivity contribution is 0.277. The summed E-state index contributed by atoms with van der Waals surface area (Å²) in [6.07, 6.45) is 0. The number of nitrogens with two attached hydrogens (primary N) is 1. The zero-order chi connectivity index (χ0) is 21.5. The van der Waals surface area contributed by atoms with Crippen LogP contribution in [0.2, 0.25) is 0 Å². The van der Waals surface area contributed by atoms with Crippen LogP contribution in [0.25, 0.3) is 22.6 Å². The molecule has 30 heavy (non-hydrogen) atoms. The second-order valence-electron chi connectivity index (χ2n) is 6.20. The molecule has 0 atom stereocenters. The van der Waals surface area contributed by atoms with E-state index in [0.717, 1.165) is 11.0 Å². The third-order valence-corrected chi connectivity index (χ3v) is 4.21. The number of rotatable bonds is 5. The lowest BCUT2D eigenvalue weighted by Crippen LogP contribution is -2.13. The fourth-order valence-electron chi connectivity index (χ4n) is 2.90. The van der Waals surface area contributed by atoms with Crippen molar-refractivity contribution in [3.8, 4) is 17.3 Å². The fraction of sp³-hybridized carbons (Fsp3) is 0.200. The van der Waals surface area contributed by atoms with Gasteiger partial charge in [-0.25, -0.2) is 9.61 Å². The van der Waals surface area contributed by atoms with Crippen LogP contribution in [0.3, 0.4) is 0 Å². The highest BCUT2D eigenvalue weighted by atomic mass is 16.6. The molecule has 10 heteroatoms. The Morgan fingerprint density at radius 2 is 1.90 bits per heavy atom. The number of fused-ring (bicyclic) bond motifs is 1. The van der Waals surface area contributed by atoms with Crippen LogP contribution in [0.4, 0.5) is 5.82 Å². The van der Waals surface area contributed by atoms with Crippen LogP contribution in [0.5, 0.6) is 5.75 Å². The number of oxime groups is 1. The van der Waals surface area contributed by atoms with Gasteiger partial charge in [-0.15, -0.1) is 0 Å². The number of aromatic nitrogens is 4. The Morgan fingerprint density at radius 3 is 2.57 bits per heavy atom. The smallest absolute Gasteiger partial charge is 0.199 e. The van der Waals surface area contributed by atoms with Crippen LogP contribution in [-0.4, -0.2) is 52.1 Å². The Hall–Kier alpha value is -3.92. The molecule has 0 radical (unpaired) electrons. The number of hydrogen-bond acceptors (Lipinski definition) is 9. The summed E-state index contributed by atoms with van der Waals surface area (Å²) in [5.74, 6) is 1.27. The number of methoxy groups -OCH3 is 2. The maximum absolute atomic E-state index is 9.63. The monoisotopic (exact) mass is 410 g/mol. The Kier molecular flexibility index (Phi) is 6.60. The lowest BCUT2D eigenvalue weighted by atomic mass is 10.1. The van der Waals surface area contributed by atoms with E-state index in [1.807, 2.05) is 47.0 Å². The molecule has 0 saturated carbocycles. The standard InChI is InChI=1S/C18H16N6O3.C2H6O/c1-26-12-6-4-5-11(9-12)14(21-25)10-24-15-8-3-2-7-13(15)20-18(24)16-17(19)23-27-22-16;1-3-2/h2-9,25H,10H2,1H3,(H2,19,23);1-2H3. The van der Waals surface area contributed by atoms with Gasteiger partial charge in [-0.05, 0) is 34.6 Å². The van der Waals surface area contributed by atoms with Gasteiger partial charge >= 0.3 is 0 Å². The minimum absolute atomic E-state index is 0.135. The van der Waals surface area contributed by atoms with Crippen LogP contribution in [0.1, 0.15) is 5.56 Å². The third-order valence-electron chi connectivity index (χ3n) is 4.21. The molecule has 10 nitrogen and oxygen atoms in total. The average molecular weight is 410 g/mol. The highest BCUT2D eigenvalue weighted by Gasteiger charge is 2.20. The Balaban J connectivity index is 0.000000806. The van der Waals surface area contributed by atoms with E-state index in [1.54, 1.807) is 27.4 Å². The molecule has 0 aliphatic carbocycles. The molecule has 4 aromatic rings. The third kappa shape index (κ3) is 4.23. The van der Waals surface area contributed by atoms with Crippen molar-refractivity contribution in [2.24, 2.45) is 5.16 Å². The van der Waals surface area contributed by atoms with E-state index >= 15 is 0 Å². The van der Waals surface area contributed by atoms with Crippen LogP contribution >= 0.6 is 0 Å². The number of nitrogens with zero attached hydrogens (tertiary/aromatic N) is 5. The van der Waals surface area contributed by atoms with Gasteiger partial charge in [0.05, 0.1) is 24.7 Å². The molecule has 0 aliphatic rings. The normalized spacial score (nSPS) is 11.2. The van der Waals surface area contributed by atoms with Gasteiger partial charge in [0, 0.05) is 19.8 Å². The lowest BCUT2D eigenvalue weighted by Gasteiger charge is -2.10. The molecule has 2 aromatic heterocycles. The first-order valence-corrected chi connectivity index (χ1v) is 8.92. The number of anilines is 1. The summed E-state index contributed by atoms with van der Waals surface area (Å²) in [5.41, 5.74) is 8.91. The number of benzene rings is 2. The summed E-state index contributed by atoms with van der Waals surface area (Å²) in [4.78, 5) is 4.59. The molecule has 3 N–H and O–H groups in total. The quantitative estimate of drug-likeness (QED) is 0.291. The van der Waals surface area contributed by atoms with E-state index in [-0.39, 0.29) is 12.4 Å². The molecular formula is C20H22N6O4. The van der Waals surface area contributed by atoms with Crippen LogP contribution < -0.4 is 10.5 Å². The fourth-order valence-corrected chi connectivity index (χ4v) is 2.90. The summed E-state index contributed by atoms with van der Waals surface area (Å²) in [7, 11) is 4.83. The molecule has 0 bridgehead atoms. The maximum atomic E-state index is 9.63. The number of nitrogen functional groups attached to an aromatic ring is 1. The van der Waals surface area contributed by atoms with Crippen molar-refractivity contribution in [1.29, 1.82) is 0 Å². The number of para-hydroxylation sites is 2. The van der Waals surface area contributed by atoms with E-state index in [2.05, 4.69) is 25.2 Å². The van der Waals surface area contributed by atoms with E-state index < -0.39 is 0 Å². The second-order valence-corrected chi connectivity index (χ2v) is 6.20. The van der Waals surface area contributed by atoms with Crippen molar-refractivity contribution >= 4 is 22.6 Å². The van der Waals surface area contributed by atoms with Crippen molar-refractivity contribution < 1.29 is 19.3 Å². The molecule has 0 saturated heterocycles. The molecule has 2 aromatic carbocycles. The van der Waals surface area contributed by atoms with Gasteiger partial charge in [-0.3, -0.25) is 0 Å². The summed E-state index contributed by atoms with van der Waals surface area (Å²) in [5, 5.41) is 20.6. The molecule has 4 rings (SSSR count). The zero-order valence-corrected chi connectivity index (χ0v) is 16.8. The van der Waals surface area contributed by atoms with Crippen molar-refractivity contribution in [2.75, 3.05) is 27.1 Å². The van der Waals surface area contributed by atoms with Gasteiger partial charge in [0.15, 0.2) is 17.3 Å². The molecule has 156 valence electrons. The van der Waals surface area contributed by atoms with Crippen LogP contribution in [-0.2, 0) is 11.3 Å². The van der Waals surface area contributed by atoms with Crippen LogP contribution in [0, 0.1) is 0 Å². The minimum atomic E-state index is 0.135.